The monoisotopic (exact) mass is 430 g/mol. The van der Waals surface area contributed by atoms with Gasteiger partial charge < -0.3 is 10.1 Å². The van der Waals surface area contributed by atoms with Gasteiger partial charge in [0.1, 0.15) is 5.54 Å². The van der Waals surface area contributed by atoms with Crippen molar-refractivity contribution in [2.75, 3.05) is 19.4 Å². The van der Waals surface area contributed by atoms with Crippen LogP contribution in [-0.2, 0) is 30.8 Å². The van der Waals surface area contributed by atoms with Crippen LogP contribution in [0.5, 0.6) is 0 Å². The Balaban J connectivity index is 1.90. The molecule has 1 heterocycles. The van der Waals surface area contributed by atoms with Crippen LogP contribution in [0.2, 0.25) is 0 Å². The zero-order valence-electron chi connectivity index (χ0n) is 16.1. The number of ether oxygens (including phenoxy) is 1. The second-order valence-electron chi connectivity index (χ2n) is 7.01. The van der Waals surface area contributed by atoms with Gasteiger partial charge in [0.15, 0.2) is 6.61 Å². The average molecular weight is 431 g/mol. The Morgan fingerprint density at radius 3 is 2.46 bits per heavy atom. The van der Waals surface area contributed by atoms with E-state index in [9.17, 15) is 22.8 Å². The normalized spacial score (nSPS) is 16.4. The lowest BCUT2D eigenvalue weighted by molar-refractivity contribution is -0.154. The summed E-state index contributed by atoms with van der Waals surface area (Å²) in [6.45, 7) is 1.23. The van der Waals surface area contributed by atoms with Crippen molar-refractivity contribution in [3.05, 3.63) is 21.9 Å². The molecule has 0 radical (unpaired) electrons. The molecule has 156 valence electrons. The number of hydrogen-bond acceptors (Lipinski definition) is 7. The van der Waals surface area contributed by atoms with E-state index in [1.807, 2.05) is 0 Å². The van der Waals surface area contributed by atoms with Crippen LogP contribution in [0.4, 0.5) is 0 Å². The van der Waals surface area contributed by atoms with Gasteiger partial charge in [0.05, 0.1) is 11.1 Å². The minimum absolute atomic E-state index is 0.251. The van der Waals surface area contributed by atoms with E-state index in [4.69, 9.17) is 4.74 Å². The van der Waals surface area contributed by atoms with E-state index in [0.717, 1.165) is 30.4 Å². The SMILES string of the molecule is CC(=O)NC1(C(=O)OCC(=O)c2ccc(CCNS(C)(=O)=O)s2)CCCCC1. The highest BCUT2D eigenvalue weighted by atomic mass is 32.2. The number of rotatable bonds is 9. The largest absolute Gasteiger partial charge is 0.456 e. The summed E-state index contributed by atoms with van der Waals surface area (Å²) in [6, 6.07) is 3.39. The molecule has 1 saturated carbocycles. The van der Waals surface area contributed by atoms with E-state index in [2.05, 4.69) is 10.0 Å². The first-order chi connectivity index (χ1) is 13.1. The molecule has 1 aliphatic carbocycles. The van der Waals surface area contributed by atoms with E-state index in [1.54, 1.807) is 12.1 Å². The number of sulfonamides is 1. The lowest BCUT2D eigenvalue weighted by Gasteiger charge is -2.35. The first-order valence-corrected chi connectivity index (χ1v) is 11.8. The fourth-order valence-electron chi connectivity index (χ4n) is 3.23. The van der Waals surface area contributed by atoms with Crippen molar-refractivity contribution in [3.8, 4) is 0 Å². The molecule has 2 N–H and O–H groups in total. The van der Waals surface area contributed by atoms with E-state index in [-0.39, 0.29) is 24.8 Å². The van der Waals surface area contributed by atoms with Gasteiger partial charge >= 0.3 is 5.97 Å². The number of carbonyl (C=O) groups excluding carboxylic acids is 3. The van der Waals surface area contributed by atoms with Crippen molar-refractivity contribution in [1.29, 1.82) is 0 Å². The van der Waals surface area contributed by atoms with E-state index >= 15 is 0 Å². The summed E-state index contributed by atoms with van der Waals surface area (Å²) >= 11 is 1.24. The van der Waals surface area contributed by atoms with Crippen LogP contribution in [0, 0.1) is 0 Å². The number of ketones is 1. The molecule has 0 aliphatic heterocycles. The fourth-order valence-corrected chi connectivity index (χ4v) is 4.64. The van der Waals surface area contributed by atoms with Gasteiger partial charge in [-0.3, -0.25) is 9.59 Å². The minimum Gasteiger partial charge on any atom is -0.456 e. The number of carbonyl (C=O) groups is 3. The Bertz CT molecular complexity index is 825. The van der Waals surface area contributed by atoms with E-state index in [1.165, 1.54) is 18.3 Å². The fraction of sp³-hybridized carbons (Fsp3) is 0.611. The van der Waals surface area contributed by atoms with Crippen LogP contribution in [0.25, 0.3) is 0 Å². The highest BCUT2D eigenvalue weighted by molar-refractivity contribution is 7.88. The van der Waals surface area contributed by atoms with Crippen LogP contribution >= 0.6 is 11.3 Å². The highest BCUT2D eigenvalue weighted by Crippen LogP contribution is 2.29. The minimum atomic E-state index is -3.25. The third-order valence-corrected chi connectivity index (χ3v) is 6.43. The lowest BCUT2D eigenvalue weighted by atomic mass is 9.81. The first kappa shape index (κ1) is 22.5. The summed E-state index contributed by atoms with van der Waals surface area (Å²) in [7, 11) is -3.25. The molecule has 0 bridgehead atoms. The molecule has 0 aromatic carbocycles. The molecular weight excluding hydrogens is 404 g/mol. The molecule has 2 rings (SSSR count). The number of hydrogen-bond donors (Lipinski definition) is 2. The molecule has 0 saturated heterocycles. The topological polar surface area (TPSA) is 119 Å². The molecule has 28 heavy (non-hydrogen) atoms. The van der Waals surface area contributed by atoms with Gasteiger partial charge in [-0.25, -0.2) is 17.9 Å². The molecule has 1 aliphatic rings. The third-order valence-electron chi connectivity index (χ3n) is 4.52. The lowest BCUT2D eigenvalue weighted by Crippen LogP contribution is -2.56. The molecule has 0 spiro atoms. The number of amides is 1. The second-order valence-corrected chi connectivity index (χ2v) is 10.0. The molecule has 1 fully saturated rings. The van der Waals surface area contributed by atoms with Crippen molar-refractivity contribution < 1.29 is 27.5 Å². The number of nitrogens with one attached hydrogen (secondary N) is 2. The van der Waals surface area contributed by atoms with Crippen molar-refractivity contribution >= 4 is 39.0 Å². The van der Waals surface area contributed by atoms with Crippen LogP contribution < -0.4 is 10.0 Å². The second kappa shape index (κ2) is 9.62. The van der Waals surface area contributed by atoms with E-state index < -0.39 is 21.5 Å². The predicted molar refractivity (Wildman–Crippen MR) is 106 cm³/mol. The molecular formula is C18H26N2O6S2. The van der Waals surface area contributed by atoms with Crippen molar-refractivity contribution in [2.45, 2.75) is 51.0 Å². The summed E-state index contributed by atoms with van der Waals surface area (Å²) in [5.74, 6) is -1.19. The smallest absolute Gasteiger partial charge is 0.332 e. The first-order valence-electron chi connectivity index (χ1n) is 9.14. The van der Waals surface area contributed by atoms with Gasteiger partial charge in [-0.1, -0.05) is 19.3 Å². The predicted octanol–water partition coefficient (Wildman–Crippen LogP) is 1.40. The Hall–Kier alpha value is -1.78. The van der Waals surface area contributed by atoms with Crippen LogP contribution in [0.15, 0.2) is 12.1 Å². The molecule has 8 nitrogen and oxygen atoms in total. The quantitative estimate of drug-likeness (QED) is 0.452. The maximum Gasteiger partial charge on any atom is 0.332 e. The summed E-state index contributed by atoms with van der Waals surface area (Å²) in [5, 5.41) is 2.72. The van der Waals surface area contributed by atoms with Crippen molar-refractivity contribution in [2.24, 2.45) is 0 Å². The van der Waals surface area contributed by atoms with Gasteiger partial charge in [0.25, 0.3) is 0 Å². The Morgan fingerprint density at radius 1 is 1.18 bits per heavy atom. The maximum absolute atomic E-state index is 12.6. The Labute approximate surface area is 169 Å². The average Bonchev–Trinajstić information content (AvgIpc) is 3.07. The summed E-state index contributed by atoms with van der Waals surface area (Å²) in [4.78, 5) is 37.7. The van der Waals surface area contributed by atoms with Gasteiger partial charge in [0.2, 0.25) is 21.7 Å². The standard InChI is InChI=1S/C18H26N2O6S2/c1-13(21)20-18(9-4-3-5-10-18)17(23)26-12-15(22)16-7-6-14(27-16)8-11-19-28(2,24)25/h6-7,19H,3-5,8-12H2,1-2H3,(H,20,21). The summed E-state index contributed by atoms with van der Waals surface area (Å²) in [6.07, 6.45) is 5.21. The molecule has 1 amide bonds. The maximum atomic E-state index is 12.6. The Morgan fingerprint density at radius 2 is 1.86 bits per heavy atom. The number of thiophene rings is 1. The highest BCUT2D eigenvalue weighted by Gasteiger charge is 2.42. The zero-order valence-corrected chi connectivity index (χ0v) is 17.7. The van der Waals surface area contributed by atoms with E-state index in [0.29, 0.717) is 24.1 Å². The summed E-state index contributed by atoms with van der Waals surface area (Å²) < 4.78 is 29.8. The van der Waals surface area contributed by atoms with Crippen LogP contribution in [-0.4, -0.2) is 51.0 Å². The molecule has 1 aromatic heterocycles. The van der Waals surface area contributed by atoms with Crippen LogP contribution in [0.1, 0.15) is 53.6 Å². The number of esters is 1. The van der Waals surface area contributed by atoms with Crippen molar-refractivity contribution in [3.63, 3.8) is 0 Å². The number of Topliss-reactive ketones (excluding diaryl/α,β-unsaturated/α-hetero) is 1. The van der Waals surface area contributed by atoms with Crippen molar-refractivity contribution in [1.82, 2.24) is 10.0 Å². The molecule has 0 atom stereocenters. The van der Waals surface area contributed by atoms with Gasteiger partial charge in [-0.15, -0.1) is 11.3 Å². The summed E-state index contributed by atoms with van der Waals surface area (Å²) in [5.41, 5.74) is -1.04. The van der Waals surface area contributed by atoms with Gasteiger partial charge in [-0.2, -0.15) is 0 Å². The zero-order chi connectivity index (χ0) is 20.8. The molecule has 0 unspecified atom stereocenters. The molecule has 10 heteroatoms. The van der Waals surface area contributed by atoms with Gasteiger partial charge in [-0.05, 0) is 31.4 Å². The van der Waals surface area contributed by atoms with Crippen LogP contribution in [0.3, 0.4) is 0 Å². The molecule has 1 aromatic rings. The third kappa shape index (κ3) is 6.68. The Kier molecular flexibility index (Phi) is 7.73. The van der Waals surface area contributed by atoms with Gasteiger partial charge in [0, 0.05) is 18.3 Å².